The second-order valence-electron chi connectivity index (χ2n) is 4.79. The predicted octanol–water partition coefficient (Wildman–Crippen LogP) is 4.64. The maximum absolute atomic E-state index is 13.1. The van der Waals surface area contributed by atoms with Crippen molar-refractivity contribution in [2.75, 3.05) is 6.61 Å². The van der Waals surface area contributed by atoms with Crippen LogP contribution >= 0.6 is 15.9 Å². The van der Waals surface area contributed by atoms with Crippen LogP contribution in [0.25, 0.3) is 0 Å². The predicted molar refractivity (Wildman–Crippen MR) is 76.5 cm³/mol. The van der Waals surface area contributed by atoms with E-state index in [0.29, 0.717) is 0 Å². The molecule has 3 rings (SSSR count). The van der Waals surface area contributed by atoms with Crippen LogP contribution in [-0.2, 0) is 10.3 Å². The zero-order valence-electron chi connectivity index (χ0n) is 10.4. The van der Waals surface area contributed by atoms with Gasteiger partial charge in [0.05, 0.1) is 0 Å². The van der Waals surface area contributed by atoms with Crippen LogP contribution in [0.1, 0.15) is 24.0 Å². The zero-order valence-corrected chi connectivity index (χ0v) is 12.0. The largest absolute Gasteiger partial charge is 0.366 e. The number of hydrogen-bond acceptors (Lipinski definition) is 1. The van der Waals surface area contributed by atoms with E-state index in [1.54, 1.807) is 0 Å². The Morgan fingerprint density at radius 2 is 1.53 bits per heavy atom. The molecule has 0 aromatic heterocycles. The molecule has 1 aliphatic rings. The van der Waals surface area contributed by atoms with Crippen LogP contribution < -0.4 is 0 Å². The van der Waals surface area contributed by atoms with Gasteiger partial charge in [-0.3, -0.25) is 0 Å². The van der Waals surface area contributed by atoms with E-state index in [1.165, 1.54) is 12.1 Å². The van der Waals surface area contributed by atoms with Gasteiger partial charge in [-0.25, -0.2) is 4.39 Å². The van der Waals surface area contributed by atoms with Crippen LogP contribution in [0.15, 0.2) is 53.0 Å². The molecule has 0 spiro atoms. The summed E-state index contributed by atoms with van der Waals surface area (Å²) in [6.45, 7) is 0.743. The van der Waals surface area contributed by atoms with Crippen LogP contribution in [-0.4, -0.2) is 6.61 Å². The van der Waals surface area contributed by atoms with Crippen LogP contribution in [0.5, 0.6) is 0 Å². The number of hydrogen-bond donors (Lipinski definition) is 0. The monoisotopic (exact) mass is 320 g/mol. The molecule has 3 heteroatoms. The summed E-state index contributed by atoms with van der Waals surface area (Å²) in [5.41, 5.74) is 1.72. The minimum Gasteiger partial charge on any atom is -0.366 e. The van der Waals surface area contributed by atoms with Crippen LogP contribution in [0.4, 0.5) is 4.39 Å². The second-order valence-corrected chi connectivity index (χ2v) is 5.71. The normalized spacial score (nSPS) is 22.6. The molecule has 2 aromatic carbocycles. The first-order valence-corrected chi connectivity index (χ1v) is 7.16. The molecule has 2 aromatic rings. The number of halogens is 2. The average Bonchev–Trinajstić information content (AvgIpc) is 2.91. The van der Waals surface area contributed by atoms with Gasteiger partial charge in [0.1, 0.15) is 11.4 Å². The SMILES string of the molecule is Fc1ccc(C2(c3ccc(Br)cc3)CCCO2)cc1. The molecule has 0 aliphatic carbocycles. The lowest BCUT2D eigenvalue weighted by Crippen LogP contribution is -2.26. The summed E-state index contributed by atoms with van der Waals surface area (Å²) in [6, 6.07) is 14.8. The Kier molecular flexibility index (Phi) is 3.42. The molecule has 1 unspecified atom stereocenters. The Morgan fingerprint density at radius 3 is 2.05 bits per heavy atom. The van der Waals surface area contributed by atoms with E-state index < -0.39 is 5.60 Å². The fourth-order valence-electron chi connectivity index (χ4n) is 2.70. The van der Waals surface area contributed by atoms with Gasteiger partial charge in [0.15, 0.2) is 0 Å². The van der Waals surface area contributed by atoms with Crippen molar-refractivity contribution in [1.29, 1.82) is 0 Å². The van der Waals surface area contributed by atoms with Crippen LogP contribution in [0.2, 0.25) is 0 Å². The average molecular weight is 321 g/mol. The third kappa shape index (κ3) is 2.33. The Labute approximate surface area is 120 Å². The molecule has 1 nitrogen and oxygen atoms in total. The number of rotatable bonds is 2. The van der Waals surface area contributed by atoms with Gasteiger partial charge in [0.2, 0.25) is 0 Å². The van der Waals surface area contributed by atoms with Gasteiger partial charge in [-0.05, 0) is 48.2 Å². The summed E-state index contributed by atoms with van der Waals surface area (Å²) < 4.78 is 20.2. The third-order valence-electron chi connectivity index (χ3n) is 3.64. The lowest BCUT2D eigenvalue weighted by atomic mass is 9.84. The first-order chi connectivity index (χ1) is 9.21. The van der Waals surface area contributed by atoms with Gasteiger partial charge in [-0.1, -0.05) is 40.2 Å². The second kappa shape index (κ2) is 5.06. The van der Waals surface area contributed by atoms with E-state index in [4.69, 9.17) is 4.74 Å². The molecule has 0 radical (unpaired) electrons. The van der Waals surface area contributed by atoms with Crippen molar-refractivity contribution < 1.29 is 9.13 Å². The van der Waals surface area contributed by atoms with E-state index in [-0.39, 0.29) is 5.82 Å². The molecular weight excluding hydrogens is 307 g/mol. The van der Waals surface area contributed by atoms with E-state index in [0.717, 1.165) is 35.0 Å². The summed E-state index contributed by atoms with van der Waals surface area (Å²) in [5, 5.41) is 0. The smallest absolute Gasteiger partial charge is 0.123 e. The van der Waals surface area contributed by atoms with Crippen molar-refractivity contribution in [3.8, 4) is 0 Å². The lowest BCUT2D eigenvalue weighted by Gasteiger charge is -2.29. The van der Waals surface area contributed by atoms with Crippen molar-refractivity contribution >= 4 is 15.9 Å². The highest BCUT2D eigenvalue weighted by Crippen LogP contribution is 2.42. The van der Waals surface area contributed by atoms with Gasteiger partial charge in [0.25, 0.3) is 0 Å². The first-order valence-electron chi connectivity index (χ1n) is 6.37. The Bertz CT molecular complexity index is 509. The van der Waals surface area contributed by atoms with Crippen molar-refractivity contribution in [2.24, 2.45) is 0 Å². The van der Waals surface area contributed by atoms with Gasteiger partial charge >= 0.3 is 0 Å². The summed E-state index contributed by atoms with van der Waals surface area (Å²) >= 11 is 3.45. The molecule has 0 saturated carbocycles. The van der Waals surface area contributed by atoms with E-state index >= 15 is 0 Å². The van der Waals surface area contributed by atoms with Crippen molar-refractivity contribution in [2.45, 2.75) is 18.4 Å². The molecule has 1 aliphatic heterocycles. The maximum Gasteiger partial charge on any atom is 0.123 e. The molecular formula is C16H14BrFO. The van der Waals surface area contributed by atoms with Crippen LogP contribution in [0, 0.1) is 5.82 Å². The molecule has 0 N–H and O–H groups in total. The van der Waals surface area contributed by atoms with Crippen molar-refractivity contribution in [1.82, 2.24) is 0 Å². The van der Waals surface area contributed by atoms with Crippen molar-refractivity contribution in [3.05, 3.63) is 69.9 Å². The van der Waals surface area contributed by atoms with Gasteiger partial charge < -0.3 is 4.74 Å². The number of benzene rings is 2. The third-order valence-corrected chi connectivity index (χ3v) is 4.17. The molecule has 98 valence electrons. The number of ether oxygens (including phenoxy) is 1. The summed E-state index contributed by atoms with van der Waals surface area (Å²) in [6.07, 6.45) is 1.95. The Hall–Kier alpha value is -1.19. The maximum atomic E-state index is 13.1. The molecule has 1 atom stereocenters. The fourth-order valence-corrected chi connectivity index (χ4v) is 2.96. The summed E-state index contributed by atoms with van der Waals surface area (Å²) in [7, 11) is 0. The van der Waals surface area contributed by atoms with E-state index in [9.17, 15) is 4.39 Å². The minimum absolute atomic E-state index is 0.215. The van der Waals surface area contributed by atoms with Gasteiger partial charge in [-0.2, -0.15) is 0 Å². The molecule has 19 heavy (non-hydrogen) atoms. The molecule has 0 amide bonds. The highest BCUT2D eigenvalue weighted by Gasteiger charge is 2.38. The summed E-state index contributed by atoms with van der Waals surface area (Å²) in [4.78, 5) is 0. The highest BCUT2D eigenvalue weighted by atomic mass is 79.9. The standard InChI is InChI=1S/C16H14BrFO/c17-14-6-2-12(3-7-14)16(10-1-11-19-16)13-4-8-15(18)9-5-13/h2-9H,1,10-11H2. The highest BCUT2D eigenvalue weighted by molar-refractivity contribution is 9.10. The Morgan fingerprint density at radius 1 is 0.947 bits per heavy atom. The topological polar surface area (TPSA) is 9.23 Å². The fraction of sp³-hybridized carbons (Fsp3) is 0.250. The molecule has 1 saturated heterocycles. The zero-order chi connectivity index (χ0) is 13.3. The summed E-state index contributed by atoms with van der Waals surface area (Å²) in [5.74, 6) is -0.215. The first kappa shape index (κ1) is 12.8. The van der Waals surface area contributed by atoms with Crippen molar-refractivity contribution in [3.63, 3.8) is 0 Å². The molecule has 1 heterocycles. The quantitative estimate of drug-likeness (QED) is 0.783. The van der Waals surface area contributed by atoms with E-state index in [1.807, 2.05) is 24.3 Å². The molecule has 0 bridgehead atoms. The minimum atomic E-state index is -0.422. The Balaban J connectivity index is 2.08. The van der Waals surface area contributed by atoms with Gasteiger partial charge in [0, 0.05) is 11.1 Å². The van der Waals surface area contributed by atoms with Gasteiger partial charge in [-0.15, -0.1) is 0 Å². The molecule has 1 fully saturated rings. The van der Waals surface area contributed by atoms with E-state index in [2.05, 4.69) is 28.1 Å². The lowest BCUT2D eigenvalue weighted by molar-refractivity contribution is 0.0359. The van der Waals surface area contributed by atoms with Crippen LogP contribution in [0.3, 0.4) is 0 Å².